The molecule has 0 saturated carbocycles. The summed E-state index contributed by atoms with van der Waals surface area (Å²) in [4.78, 5) is 0. The monoisotopic (exact) mass is 329 g/mol. The van der Waals surface area contributed by atoms with E-state index in [2.05, 4.69) is 15.5 Å². The summed E-state index contributed by atoms with van der Waals surface area (Å²) in [5.41, 5.74) is 0.832. The summed E-state index contributed by atoms with van der Waals surface area (Å²) in [6.07, 6.45) is 0.614. The highest BCUT2D eigenvalue weighted by molar-refractivity contribution is 7.91. The molecular formula is C12H12ClN3O2S2. The Bertz CT molecular complexity index is 730. The molecule has 1 unspecified atom stereocenters. The normalized spacial score (nSPS) is 20.9. The van der Waals surface area contributed by atoms with E-state index in [0.717, 1.165) is 10.6 Å². The maximum Gasteiger partial charge on any atom is 0.206 e. The summed E-state index contributed by atoms with van der Waals surface area (Å²) in [5.74, 6) is 0.398. The van der Waals surface area contributed by atoms with Crippen LogP contribution in [0.1, 0.15) is 6.42 Å². The lowest BCUT2D eigenvalue weighted by Crippen LogP contribution is -2.20. The van der Waals surface area contributed by atoms with E-state index in [1.165, 1.54) is 11.3 Å². The molecule has 3 rings (SSSR count). The van der Waals surface area contributed by atoms with Gasteiger partial charge in [-0.25, -0.2) is 8.42 Å². The van der Waals surface area contributed by atoms with Crippen molar-refractivity contribution in [1.82, 2.24) is 10.2 Å². The highest BCUT2D eigenvalue weighted by atomic mass is 35.5. The summed E-state index contributed by atoms with van der Waals surface area (Å²) < 4.78 is 22.8. The van der Waals surface area contributed by atoms with Crippen molar-refractivity contribution in [2.24, 2.45) is 0 Å². The van der Waals surface area contributed by atoms with Gasteiger partial charge in [-0.1, -0.05) is 41.1 Å². The van der Waals surface area contributed by atoms with Gasteiger partial charge in [-0.15, -0.1) is 10.2 Å². The number of hydrogen-bond donors (Lipinski definition) is 1. The Hall–Kier alpha value is -1.18. The van der Waals surface area contributed by atoms with E-state index in [9.17, 15) is 8.42 Å². The molecule has 1 aliphatic rings. The SMILES string of the molecule is O=S1(=O)CCC(Nc2nnc(-c3ccccc3Cl)s2)C1. The molecule has 0 bridgehead atoms. The third-order valence-electron chi connectivity index (χ3n) is 3.09. The van der Waals surface area contributed by atoms with E-state index in [1.807, 2.05) is 18.2 Å². The van der Waals surface area contributed by atoms with Gasteiger partial charge >= 0.3 is 0 Å². The van der Waals surface area contributed by atoms with E-state index >= 15 is 0 Å². The minimum Gasteiger partial charge on any atom is -0.356 e. The van der Waals surface area contributed by atoms with Gasteiger partial charge in [0.25, 0.3) is 0 Å². The van der Waals surface area contributed by atoms with Gasteiger partial charge in [0.15, 0.2) is 14.8 Å². The second-order valence-corrected chi connectivity index (χ2v) is 8.25. The van der Waals surface area contributed by atoms with E-state index < -0.39 is 9.84 Å². The summed E-state index contributed by atoms with van der Waals surface area (Å²) in [6.45, 7) is 0. The standard InChI is InChI=1S/C12H12ClN3O2S2/c13-10-4-2-1-3-9(10)11-15-16-12(19-11)14-8-5-6-20(17,18)7-8/h1-4,8H,5-7H2,(H,14,16). The maximum atomic E-state index is 11.4. The quantitative estimate of drug-likeness (QED) is 0.936. The molecule has 1 atom stereocenters. The fraction of sp³-hybridized carbons (Fsp3) is 0.333. The molecule has 1 aromatic carbocycles. The molecule has 1 aromatic heterocycles. The summed E-state index contributed by atoms with van der Waals surface area (Å²) in [6, 6.07) is 7.35. The minimum absolute atomic E-state index is 0.0768. The fourth-order valence-electron chi connectivity index (χ4n) is 2.11. The van der Waals surface area contributed by atoms with Crippen molar-refractivity contribution >= 4 is 37.9 Å². The number of sulfone groups is 1. The molecule has 8 heteroatoms. The van der Waals surface area contributed by atoms with Crippen molar-refractivity contribution in [2.75, 3.05) is 16.8 Å². The average molecular weight is 330 g/mol. The Morgan fingerprint density at radius 1 is 1.30 bits per heavy atom. The van der Waals surface area contributed by atoms with E-state index in [-0.39, 0.29) is 17.5 Å². The lowest BCUT2D eigenvalue weighted by Gasteiger charge is -2.07. The van der Waals surface area contributed by atoms with E-state index in [4.69, 9.17) is 11.6 Å². The molecule has 5 nitrogen and oxygen atoms in total. The maximum absolute atomic E-state index is 11.4. The fourth-order valence-corrected chi connectivity index (χ4v) is 4.92. The Kier molecular flexibility index (Phi) is 3.66. The van der Waals surface area contributed by atoms with E-state index in [0.29, 0.717) is 16.6 Å². The van der Waals surface area contributed by atoms with Gasteiger partial charge in [-0.3, -0.25) is 0 Å². The van der Waals surface area contributed by atoms with Crippen LogP contribution in [0.2, 0.25) is 5.02 Å². The average Bonchev–Trinajstić information content (AvgIpc) is 2.97. The minimum atomic E-state index is -2.89. The molecule has 2 heterocycles. The third kappa shape index (κ3) is 2.94. The van der Waals surface area contributed by atoms with Gasteiger partial charge in [0.05, 0.1) is 16.5 Å². The number of nitrogens with zero attached hydrogens (tertiary/aromatic N) is 2. The summed E-state index contributed by atoms with van der Waals surface area (Å²) >= 11 is 7.49. The third-order valence-corrected chi connectivity index (χ3v) is 6.07. The zero-order valence-corrected chi connectivity index (χ0v) is 12.8. The first-order chi connectivity index (χ1) is 9.53. The molecule has 1 fully saturated rings. The number of anilines is 1. The summed E-state index contributed by atoms with van der Waals surface area (Å²) in [5, 5.41) is 13.2. The molecule has 0 amide bonds. The molecular weight excluding hydrogens is 318 g/mol. The highest BCUT2D eigenvalue weighted by Crippen LogP contribution is 2.32. The first kappa shape index (κ1) is 13.8. The predicted molar refractivity (Wildman–Crippen MR) is 81.0 cm³/mol. The zero-order valence-electron chi connectivity index (χ0n) is 10.4. The van der Waals surface area contributed by atoms with Crippen LogP contribution in [-0.2, 0) is 9.84 Å². The first-order valence-corrected chi connectivity index (χ1v) is 9.10. The molecule has 2 aromatic rings. The van der Waals surface area contributed by atoms with Gasteiger partial charge in [-0.2, -0.15) is 0 Å². The van der Waals surface area contributed by atoms with Crippen molar-refractivity contribution in [3.05, 3.63) is 29.3 Å². The number of hydrogen-bond acceptors (Lipinski definition) is 6. The number of aromatic nitrogens is 2. The summed E-state index contributed by atoms with van der Waals surface area (Å²) in [7, 11) is -2.89. The largest absolute Gasteiger partial charge is 0.356 e. The zero-order chi connectivity index (χ0) is 14.2. The van der Waals surface area contributed by atoms with Crippen LogP contribution in [0.5, 0.6) is 0 Å². The smallest absolute Gasteiger partial charge is 0.206 e. The van der Waals surface area contributed by atoms with Crippen molar-refractivity contribution in [3.63, 3.8) is 0 Å². The molecule has 1 aliphatic heterocycles. The van der Waals surface area contributed by atoms with Crippen LogP contribution in [0.25, 0.3) is 10.6 Å². The van der Waals surface area contributed by atoms with Crippen molar-refractivity contribution in [3.8, 4) is 10.6 Å². The lowest BCUT2D eigenvalue weighted by molar-refractivity contribution is 0.602. The van der Waals surface area contributed by atoms with Crippen LogP contribution in [-0.4, -0.2) is 36.2 Å². The number of nitrogens with one attached hydrogen (secondary N) is 1. The molecule has 0 radical (unpaired) electrons. The lowest BCUT2D eigenvalue weighted by atomic mass is 10.2. The first-order valence-electron chi connectivity index (χ1n) is 6.09. The van der Waals surface area contributed by atoms with Gasteiger partial charge < -0.3 is 5.32 Å². The Morgan fingerprint density at radius 2 is 2.10 bits per heavy atom. The Morgan fingerprint density at radius 3 is 2.80 bits per heavy atom. The molecule has 106 valence electrons. The van der Waals surface area contributed by atoms with Crippen LogP contribution in [0.15, 0.2) is 24.3 Å². The van der Waals surface area contributed by atoms with Gasteiger partial charge in [0.1, 0.15) is 0 Å². The second kappa shape index (κ2) is 5.31. The van der Waals surface area contributed by atoms with Crippen molar-refractivity contribution < 1.29 is 8.42 Å². The van der Waals surface area contributed by atoms with Gasteiger partial charge in [0.2, 0.25) is 5.13 Å². The molecule has 0 spiro atoms. The van der Waals surface area contributed by atoms with Crippen molar-refractivity contribution in [2.45, 2.75) is 12.5 Å². The molecule has 20 heavy (non-hydrogen) atoms. The number of halogens is 1. The Balaban J connectivity index is 1.76. The topological polar surface area (TPSA) is 72.0 Å². The number of rotatable bonds is 3. The second-order valence-electron chi connectivity index (χ2n) is 4.64. The number of benzene rings is 1. The van der Waals surface area contributed by atoms with E-state index in [1.54, 1.807) is 6.07 Å². The van der Waals surface area contributed by atoms with Crippen LogP contribution in [0.4, 0.5) is 5.13 Å². The molecule has 1 saturated heterocycles. The van der Waals surface area contributed by atoms with Gasteiger partial charge in [0, 0.05) is 11.6 Å². The van der Waals surface area contributed by atoms with Crippen molar-refractivity contribution in [1.29, 1.82) is 0 Å². The Labute approximate surface area is 125 Å². The highest BCUT2D eigenvalue weighted by Gasteiger charge is 2.28. The molecule has 0 aliphatic carbocycles. The van der Waals surface area contributed by atoms with Gasteiger partial charge in [-0.05, 0) is 12.5 Å². The van der Waals surface area contributed by atoms with Crippen LogP contribution < -0.4 is 5.32 Å². The molecule has 1 N–H and O–H groups in total. The van der Waals surface area contributed by atoms with Crippen LogP contribution >= 0.6 is 22.9 Å². The van der Waals surface area contributed by atoms with Crippen LogP contribution in [0, 0.1) is 0 Å². The predicted octanol–water partition coefficient (Wildman–Crippen LogP) is 2.46. The van der Waals surface area contributed by atoms with Crippen LogP contribution in [0.3, 0.4) is 0 Å².